The molecule has 0 aliphatic heterocycles. The van der Waals surface area contributed by atoms with Gasteiger partial charge in [-0.3, -0.25) is 15.2 Å². The number of hydrogen-bond donors (Lipinski definition) is 3. The van der Waals surface area contributed by atoms with Crippen LogP contribution in [0.1, 0.15) is 18.8 Å². The first-order chi connectivity index (χ1) is 15.9. The Labute approximate surface area is 187 Å². The van der Waals surface area contributed by atoms with Crippen LogP contribution in [0, 0.1) is 11.6 Å². The van der Waals surface area contributed by atoms with Crippen LogP contribution in [0.5, 0.6) is 0 Å². The zero-order valence-corrected chi connectivity index (χ0v) is 17.8. The molecule has 3 N–H and O–H groups in total. The molecule has 0 spiro atoms. The normalized spacial score (nSPS) is 11.8. The number of hydrogen-bond acceptors (Lipinski definition) is 8. The fourth-order valence-corrected chi connectivity index (χ4v) is 3.35. The monoisotopic (exact) mass is 450 g/mol. The number of nitrogens with zero attached hydrogens (tertiary/aromatic N) is 5. The molecular weight excluding hydrogens is 430 g/mol. The van der Waals surface area contributed by atoms with Crippen LogP contribution in [0.2, 0.25) is 0 Å². The molecule has 2 aromatic carbocycles. The van der Waals surface area contributed by atoms with Gasteiger partial charge in [0.1, 0.15) is 29.0 Å². The van der Waals surface area contributed by atoms with Crippen LogP contribution in [0.15, 0.2) is 58.6 Å². The van der Waals surface area contributed by atoms with E-state index in [1.165, 1.54) is 42.7 Å². The fraction of sp³-hybridized carbons (Fsp3) is 0.136. The molecule has 4 rings (SSSR count). The van der Waals surface area contributed by atoms with Gasteiger partial charge in [0.15, 0.2) is 17.5 Å². The molecule has 0 saturated heterocycles. The van der Waals surface area contributed by atoms with Gasteiger partial charge in [0.25, 0.3) is 5.56 Å². The van der Waals surface area contributed by atoms with Crippen LogP contribution < -0.4 is 21.6 Å². The first-order valence-corrected chi connectivity index (χ1v) is 9.92. The molecule has 0 saturated carbocycles. The summed E-state index contributed by atoms with van der Waals surface area (Å²) in [6.45, 7) is 5.31. The molecule has 9 nitrogen and oxygen atoms in total. The highest BCUT2D eigenvalue weighted by atomic mass is 19.1. The number of anilines is 3. The summed E-state index contributed by atoms with van der Waals surface area (Å²) >= 11 is 0. The minimum absolute atomic E-state index is 0.170. The number of benzene rings is 2. The third-order valence-electron chi connectivity index (χ3n) is 4.92. The lowest BCUT2D eigenvalue weighted by Crippen LogP contribution is -2.33. The highest BCUT2D eigenvalue weighted by Crippen LogP contribution is 2.31. The van der Waals surface area contributed by atoms with Crippen molar-refractivity contribution in [3.63, 3.8) is 0 Å². The van der Waals surface area contributed by atoms with Crippen LogP contribution in [-0.4, -0.2) is 33.4 Å². The van der Waals surface area contributed by atoms with Crippen LogP contribution in [-0.2, 0) is 0 Å². The summed E-state index contributed by atoms with van der Waals surface area (Å²) in [5.41, 5.74) is 3.24. The molecule has 1 atom stereocenters. The van der Waals surface area contributed by atoms with Crippen molar-refractivity contribution in [1.29, 1.82) is 0 Å². The van der Waals surface area contributed by atoms with E-state index in [9.17, 15) is 13.6 Å². The lowest BCUT2D eigenvalue weighted by atomic mass is 10.2. The molecule has 0 fully saturated rings. The molecular formula is C22H20F2N8O. The van der Waals surface area contributed by atoms with E-state index in [1.807, 2.05) is 0 Å². The summed E-state index contributed by atoms with van der Waals surface area (Å²) in [6.07, 6.45) is 1.35. The van der Waals surface area contributed by atoms with E-state index in [0.717, 1.165) is 4.68 Å². The first-order valence-electron chi connectivity index (χ1n) is 9.92. The second kappa shape index (κ2) is 8.99. The van der Waals surface area contributed by atoms with Gasteiger partial charge in [-0.15, -0.1) is 0 Å². The summed E-state index contributed by atoms with van der Waals surface area (Å²) in [5, 5.41) is 5.89. The zero-order chi connectivity index (χ0) is 23.5. The minimum atomic E-state index is -0.695. The third kappa shape index (κ3) is 4.20. The number of halogens is 2. The summed E-state index contributed by atoms with van der Waals surface area (Å²) in [7, 11) is 1.69. The quantitative estimate of drug-likeness (QED) is 0.367. The Hall–Kier alpha value is -4.41. The average Bonchev–Trinajstić information content (AvgIpc) is 2.81. The topological polar surface area (TPSA) is 109 Å². The van der Waals surface area contributed by atoms with Gasteiger partial charge in [0, 0.05) is 7.05 Å². The molecule has 2 heterocycles. The third-order valence-corrected chi connectivity index (χ3v) is 4.92. The highest BCUT2D eigenvalue weighted by molar-refractivity contribution is 5.79. The number of nitrogens with one attached hydrogen (secondary N) is 3. The van der Waals surface area contributed by atoms with Crippen molar-refractivity contribution in [2.24, 2.45) is 4.99 Å². The molecule has 0 radical (unpaired) electrons. The maximum absolute atomic E-state index is 14.5. The Balaban J connectivity index is 1.84. The van der Waals surface area contributed by atoms with Gasteiger partial charge in [-0.05, 0) is 50.0 Å². The summed E-state index contributed by atoms with van der Waals surface area (Å²) in [5.74, 6) is -0.0651. The smallest absolute Gasteiger partial charge is 0.283 e. The van der Waals surface area contributed by atoms with E-state index in [1.54, 1.807) is 20.0 Å². The van der Waals surface area contributed by atoms with E-state index in [0.29, 0.717) is 23.0 Å². The highest BCUT2D eigenvalue weighted by Gasteiger charge is 2.21. The molecule has 1 unspecified atom stereocenters. The van der Waals surface area contributed by atoms with Crippen molar-refractivity contribution in [3.05, 3.63) is 76.6 Å². The number of fused-ring (bicyclic) bond motifs is 1. The van der Waals surface area contributed by atoms with Crippen molar-refractivity contribution in [2.45, 2.75) is 13.0 Å². The van der Waals surface area contributed by atoms with E-state index in [-0.39, 0.29) is 16.7 Å². The van der Waals surface area contributed by atoms with Gasteiger partial charge in [-0.25, -0.2) is 28.4 Å². The maximum Gasteiger partial charge on any atom is 0.283 e. The lowest BCUT2D eigenvalue weighted by molar-refractivity contribution is 0.627. The van der Waals surface area contributed by atoms with E-state index in [2.05, 4.69) is 42.7 Å². The second-order valence-electron chi connectivity index (χ2n) is 7.06. The van der Waals surface area contributed by atoms with Crippen molar-refractivity contribution in [1.82, 2.24) is 19.6 Å². The molecule has 0 bridgehead atoms. The Morgan fingerprint density at radius 3 is 2.52 bits per heavy atom. The van der Waals surface area contributed by atoms with Gasteiger partial charge in [0.05, 0.1) is 17.2 Å². The Kier molecular flexibility index (Phi) is 5.94. The first kappa shape index (κ1) is 21.8. The number of aliphatic imine (C=N–C) groups is 1. The van der Waals surface area contributed by atoms with Gasteiger partial charge in [-0.2, -0.15) is 0 Å². The van der Waals surface area contributed by atoms with E-state index in [4.69, 9.17) is 0 Å². The molecule has 11 heteroatoms. The predicted octanol–water partition coefficient (Wildman–Crippen LogP) is 3.89. The molecule has 2 aromatic heterocycles. The minimum Gasteiger partial charge on any atom is -0.371 e. The Morgan fingerprint density at radius 2 is 1.82 bits per heavy atom. The lowest BCUT2D eigenvalue weighted by Gasteiger charge is -2.21. The summed E-state index contributed by atoms with van der Waals surface area (Å²) < 4.78 is 29.0. The van der Waals surface area contributed by atoms with Crippen LogP contribution in [0.3, 0.4) is 0 Å². The standard InChI is InChI=1S/C22H20F2N8O/c1-12(29-20-18(25-2)19(26-3)27-11-28-20)21-30-16-6-4-5-15(24)17(16)22(33)32(21)31-14-9-7-13(23)8-10-14/h4-12,31H,2H2,1,3H3,(H2,26,27,28,29). The largest absolute Gasteiger partial charge is 0.371 e. The predicted molar refractivity (Wildman–Crippen MR) is 124 cm³/mol. The van der Waals surface area contributed by atoms with Crippen LogP contribution >= 0.6 is 0 Å². The molecule has 0 amide bonds. The van der Waals surface area contributed by atoms with E-state index >= 15 is 0 Å². The van der Waals surface area contributed by atoms with Gasteiger partial charge < -0.3 is 10.6 Å². The van der Waals surface area contributed by atoms with Crippen molar-refractivity contribution < 1.29 is 8.78 Å². The van der Waals surface area contributed by atoms with E-state index < -0.39 is 23.2 Å². The van der Waals surface area contributed by atoms with Crippen LogP contribution in [0.4, 0.5) is 31.8 Å². The van der Waals surface area contributed by atoms with Crippen molar-refractivity contribution in [2.75, 3.05) is 23.1 Å². The van der Waals surface area contributed by atoms with Gasteiger partial charge >= 0.3 is 0 Å². The van der Waals surface area contributed by atoms with Crippen LogP contribution in [0.25, 0.3) is 10.9 Å². The molecule has 33 heavy (non-hydrogen) atoms. The summed E-state index contributed by atoms with van der Waals surface area (Å²) in [6, 6.07) is 9.02. The summed E-state index contributed by atoms with van der Waals surface area (Å²) in [4.78, 5) is 30.1. The average molecular weight is 450 g/mol. The molecule has 4 aromatic rings. The molecule has 0 aliphatic carbocycles. The second-order valence-corrected chi connectivity index (χ2v) is 7.06. The molecule has 168 valence electrons. The molecule has 0 aliphatic rings. The van der Waals surface area contributed by atoms with Crippen molar-refractivity contribution >= 4 is 40.6 Å². The van der Waals surface area contributed by atoms with Gasteiger partial charge in [0.2, 0.25) is 0 Å². The number of aromatic nitrogens is 4. The van der Waals surface area contributed by atoms with Crippen molar-refractivity contribution in [3.8, 4) is 0 Å². The fourth-order valence-electron chi connectivity index (χ4n) is 3.35. The SMILES string of the molecule is C=Nc1c(NC)ncnc1NC(C)c1nc2cccc(F)c2c(=O)n1Nc1ccc(F)cc1. The maximum atomic E-state index is 14.5. The Bertz CT molecular complexity index is 1390. The zero-order valence-electron chi connectivity index (χ0n) is 17.8. The number of rotatable bonds is 7. The van der Waals surface area contributed by atoms with Gasteiger partial charge in [-0.1, -0.05) is 6.07 Å². The Morgan fingerprint density at radius 1 is 1.09 bits per heavy atom.